The van der Waals surface area contributed by atoms with Crippen molar-refractivity contribution in [3.05, 3.63) is 29.6 Å². The summed E-state index contributed by atoms with van der Waals surface area (Å²) in [5.74, 6) is 0.318. The number of hydrogen-bond acceptors (Lipinski definition) is 2. The Morgan fingerprint density at radius 2 is 2.29 bits per heavy atom. The SMILES string of the molecule is C[C@H]1C[C@H](NC(=O)/C(C#N)=C/c2ccc[nH]2)CC(C)(C)C1. The van der Waals surface area contributed by atoms with Crippen molar-refractivity contribution in [1.29, 1.82) is 5.26 Å². The van der Waals surface area contributed by atoms with Crippen LogP contribution in [0.5, 0.6) is 0 Å². The number of nitrogens with one attached hydrogen (secondary N) is 2. The monoisotopic (exact) mass is 285 g/mol. The predicted molar refractivity (Wildman–Crippen MR) is 83.1 cm³/mol. The van der Waals surface area contributed by atoms with Gasteiger partial charge in [0.25, 0.3) is 5.91 Å². The molecule has 1 aromatic rings. The van der Waals surface area contributed by atoms with Gasteiger partial charge in [-0.25, -0.2) is 0 Å². The Hall–Kier alpha value is -2.02. The fourth-order valence-corrected chi connectivity index (χ4v) is 3.46. The van der Waals surface area contributed by atoms with E-state index in [1.807, 2.05) is 18.2 Å². The van der Waals surface area contributed by atoms with E-state index in [0.717, 1.165) is 18.5 Å². The van der Waals surface area contributed by atoms with Crippen molar-refractivity contribution in [3.63, 3.8) is 0 Å². The number of carbonyl (C=O) groups excluding carboxylic acids is 1. The Morgan fingerprint density at radius 1 is 1.52 bits per heavy atom. The number of carbonyl (C=O) groups is 1. The van der Waals surface area contributed by atoms with E-state index in [1.165, 1.54) is 6.42 Å². The molecule has 2 N–H and O–H groups in total. The molecule has 0 bridgehead atoms. The first-order valence-electron chi connectivity index (χ1n) is 7.46. The van der Waals surface area contributed by atoms with Gasteiger partial charge >= 0.3 is 0 Å². The van der Waals surface area contributed by atoms with Crippen LogP contribution in [-0.2, 0) is 4.79 Å². The van der Waals surface area contributed by atoms with E-state index in [4.69, 9.17) is 0 Å². The van der Waals surface area contributed by atoms with Crippen LogP contribution >= 0.6 is 0 Å². The van der Waals surface area contributed by atoms with Crippen LogP contribution in [0.2, 0.25) is 0 Å². The van der Waals surface area contributed by atoms with Crippen molar-refractivity contribution in [3.8, 4) is 6.07 Å². The second-order valence-corrected chi connectivity index (χ2v) is 6.88. The summed E-state index contributed by atoms with van der Waals surface area (Å²) >= 11 is 0. The maximum atomic E-state index is 12.3. The van der Waals surface area contributed by atoms with E-state index in [-0.39, 0.29) is 22.9 Å². The van der Waals surface area contributed by atoms with Crippen molar-refractivity contribution in [2.24, 2.45) is 11.3 Å². The Balaban J connectivity index is 2.05. The van der Waals surface area contributed by atoms with Crippen molar-refractivity contribution in [2.75, 3.05) is 0 Å². The average molecular weight is 285 g/mol. The van der Waals surface area contributed by atoms with Crippen LogP contribution in [0.3, 0.4) is 0 Å². The Kier molecular flexibility index (Phi) is 4.52. The highest BCUT2D eigenvalue weighted by atomic mass is 16.1. The van der Waals surface area contributed by atoms with Gasteiger partial charge < -0.3 is 10.3 Å². The molecular weight excluding hydrogens is 262 g/mol. The van der Waals surface area contributed by atoms with Gasteiger partial charge in [0.2, 0.25) is 0 Å². The van der Waals surface area contributed by atoms with E-state index in [2.05, 4.69) is 31.1 Å². The Labute approximate surface area is 126 Å². The van der Waals surface area contributed by atoms with Crippen LogP contribution in [0.25, 0.3) is 6.08 Å². The third-order valence-electron chi connectivity index (χ3n) is 4.01. The molecule has 0 aromatic carbocycles. The van der Waals surface area contributed by atoms with Gasteiger partial charge in [0, 0.05) is 17.9 Å². The zero-order valence-corrected chi connectivity index (χ0v) is 12.9. The number of H-pyrrole nitrogens is 1. The second-order valence-electron chi connectivity index (χ2n) is 6.88. The summed E-state index contributed by atoms with van der Waals surface area (Å²) in [5.41, 5.74) is 1.15. The second kappa shape index (κ2) is 6.17. The maximum absolute atomic E-state index is 12.3. The summed E-state index contributed by atoms with van der Waals surface area (Å²) in [7, 11) is 0. The van der Waals surface area contributed by atoms with E-state index in [9.17, 15) is 10.1 Å². The molecule has 1 aromatic heterocycles. The number of nitriles is 1. The lowest BCUT2D eigenvalue weighted by atomic mass is 9.70. The number of amides is 1. The third-order valence-corrected chi connectivity index (χ3v) is 4.01. The van der Waals surface area contributed by atoms with Crippen LogP contribution in [0.15, 0.2) is 23.9 Å². The number of aromatic amines is 1. The van der Waals surface area contributed by atoms with Crippen LogP contribution in [0.1, 0.15) is 45.7 Å². The largest absolute Gasteiger partial charge is 0.362 e. The molecule has 0 aliphatic heterocycles. The summed E-state index contributed by atoms with van der Waals surface area (Å²) < 4.78 is 0. The molecule has 4 heteroatoms. The normalized spacial score (nSPS) is 25.1. The van der Waals surface area contributed by atoms with Gasteiger partial charge in [-0.05, 0) is 48.8 Å². The molecule has 112 valence electrons. The lowest BCUT2D eigenvalue weighted by Gasteiger charge is -2.39. The highest BCUT2D eigenvalue weighted by molar-refractivity contribution is 6.01. The van der Waals surface area contributed by atoms with Gasteiger partial charge in [-0.15, -0.1) is 0 Å². The van der Waals surface area contributed by atoms with E-state index in [1.54, 1.807) is 12.3 Å². The smallest absolute Gasteiger partial charge is 0.262 e. The molecule has 1 fully saturated rings. The average Bonchev–Trinajstić information content (AvgIpc) is 2.85. The number of nitrogens with zero attached hydrogens (tertiary/aromatic N) is 1. The Bertz CT molecular complexity index is 563. The summed E-state index contributed by atoms with van der Waals surface area (Å²) in [4.78, 5) is 15.2. The fourth-order valence-electron chi connectivity index (χ4n) is 3.46. The first-order chi connectivity index (χ1) is 9.89. The molecule has 0 saturated heterocycles. The molecule has 0 unspecified atom stereocenters. The predicted octanol–water partition coefficient (Wildman–Crippen LogP) is 3.25. The summed E-state index contributed by atoms with van der Waals surface area (Å²) in [5, 5.41) is 12.2. The van der Waals surface area contributed by atoms with E-state index in [0.29, 0.717) is 5.92 Å². The molecular formula is C17H23N3O. The number of hydrogen-bond donors (Lipinski definition) is 2. The number of aromatic nitrogens is 1. The van der Waals surface area contributed by atoms with Crippen molar-refractivity contribution in [1.82, 2.24) is 10.3 Å². The molecule has 4 nitrogen and oxygen atoms in total. The molecule has 21 heavy (non-hydrogen) atoms. The molecule has 1 aliphatic rings. The van der Waals surface area contributed by atoms with Gasteiger partial charge in [-0.3, -0.25) is 4.79 Å². The Morgan fingerprint density at radius 3 is 2.86 bits per heavy atom. The quantitative estimate of drug-likeness (QED) is 0.661. The number of rotatable bonds is 3. The lowest BCUT2D eigenvalue weighted by Crippen LogP contribution is -2.43. The van der Waals surface area contributed by atoms with Crippen molar-refractivity contribution < 1.29 is 4.79 Å². The molecule has 1 aliphatic carbocycles. The van der Waals surface area contributed by atoms with Gasteiger partial charge in [-0.2, -0.15) is 5.26 Å². The lowest BCUT2D eigenvalue weighted by molar-refractivity contribution is -0.118. The minimum atomic E-state index is -0.276. The highest BCUT2D eigenvalue weighted by Crippen LogP contribution is 2.38. The first-order valence-corrected chi connectivity index (χ1v) is 7.46. The van der Waals surface area contributed by atoms with Crippen LogP contribution in [0.4, 0.5) is 0 Å². The third kappa shape index (κ3) is 4.22. The van der Waals surface area contributed by atoms with E-state index < -0.39 is 0 Å². The maximum Gasteiger partial charge on any atom is 0.262 e. The molecule has 2 atom stereocenters. The highest BCUT2D eigenvalue weighted by Gasteiger charge is 2.33. The van der Waals surface area contributed by atoms with Gasteiger partial charge in [0.1, 0.15) is 11.6 Å². The van der Waals surface area contributed by atoms with Crippen LogP contribution in [-0.4, -0.2) is 16.9 Å². The summed E-state index contributed by atoms with van der Waals surface area (Å²) in [6, 6.07) is 5.81. The standard InChI is InChI=1S/C17H23N3O/c1-12-7-15(10-17(2,3)9-12)20-16(21)13(11-18)8-14-5-4-6-19-14/h4-6,8,12,15,19H,7,9-10H2,1-3H3,(H,20,21)/b13-8+/t12-,15-/m0/s1. The molecule has 0 radical (unpaired) electrons. The molecule has 0 spiro atoms. The molecule has 1 amide bonds. The summed E-state index contributed by atoms with van der Waals surface area (Å²) in [6.07, 6.45) is 6.49. The topological polar surface area (TPSA) is 68.7 Å². The fraction of sp³-hybridized carbons (Fsp3) is 0.529. The zero-order valence-electron chi connectivity index (χ0n) is 12.9. The first kappa shape index (κ1) is 15.4. The van der Waals surface area contributed by atoms with Crippen molar-refractivity contribution in [2.45, 2.75) is 46.1 Å². The van der Waals surface area contributed by atoms with Gasteiger partial charge in [-0.1, -0.05) is 20.8 Å². The van der Waals surface area contributed by atoms with Crippen LogP contribution in [0, 0.1) is 22.7 Å². The van der Waals surface area contributed by atoms with Gasteiger partial charge in [0.05, 0.1) is 0 Å². The molecule has 2 rings (SSSR count). The van der Waals surface area contributed by atoms with Gasteiger partial charge in [0.15, 0.2) is 0 Å². The summed E-state index contributed by atoms with van der Waals surface area (Å²) in [6.45, 7) is 6.70. The molecule has 1 saturated carbocycles. The molecule has 1 heterocycles. The minimum Gasteiger partial charge on any atom is -0.362 e. The van der Waals surface area contributed by atoms with Crippen molar-refractivity contribution >= 4 is 12.0 Å². The van der Waals surface area contributed by atoms with Crippen LogP contribution < -0.4 is 5.32 Å². The zero-order chi connectivity index (χ0) is 15.5. The minimum absolute atomic E-state index is 0.147. The van der Waals surface area contributed by atoms with E-state index >= 15 is 0 Å².